The number of piperazine rings is 1. The van der Waals surface area contributed by atoms with E-state index in [2.05, 4.69) is 19.8 Å². The van der Waals surface area contributed by atoms with Crippen LogP contribution < -0.4 is 14.4 Å². The molecule has 4 fully saturated rings. The van der Waals surface area contributed by atoms with E-state index in [9.17, 15) is 9.18 Å². The van der Waals surface area contributed by atoms with Crippen molar-refractivity contribution < 1.29 is 27.8 Å². The number of fused-ring (bicyclic) bond motifs is 6. The number of nitrogens with zero attached hydrogens (tertiary/aromatic N) is 6. The van der Waals surface area contributed by atoms with Gasteiger partial charge in [0.2, 0.25) is 5.88 Å². The molecule has 0 N–H and O–H groups in total. The number of hydrogen-bond acceptors (Lipinski definition) is 9. The number of aromatic nitrogens is 3. The van der Waals surface area contributed by atoms with Crippen molar-refractivity contribution in [1.82, 2.24) is 24.8 Å². The highest BCUT2D eigenvalue weighted by atomic mass is 35.5. The molecule has 5 aliphatic heterocycles. The molecule has 0 spiro atoms. The van der Waals surface area contributed by atoms with Crippen LogP contribution in [0.2, 0.25) is 5.15 Å². The monoisotopic (exact) mass is 578 g/mol. The summed E-state index contributed by atoms with van der Waals surface area (Å²) in [5, 5.41) is -0.0290. The fourth-order valence-corrected chi connectivity index (χ4v) is 7.51. The van der Waals surface area contributed by atoms with Gasteiger partial charge in [0.05, 0.1) is 23.7 Å². The molecule has 7 rings (SSSR count). The molecule has 216 valence electrons. The van der Waals surface area contributed by atoms with E-state index >= 15 is 4.39 Å². The van der Waals surface area contributed by atoms with Gasteiger partial charge in [-0.1, -0.05) is 11.6 Å². The first-order valence-electron chi connectivity index (χ1n) is 14.0. The minimum absolute atomic E-state index is 0.000665. The maximum Gasteiger partial charge on any atom is 0.410 e. The molecule has 2 aromatic heterocycles. The number of ether oxygens (including phenoxy) is 3. The van der Waals surface area contributed by atoms with Crippen molar-refractivity contribution in [3.63, 3.8) is 0 Å². The third kappa shape index (κ3) is 4.12. The maximum absolute atomic E-state index is 15.4. The number of amides is 1. The summed E-state index contributed by atoms with van der Waals surface area (Å²) < 4.78 is 47.7. The molecular weight excluding hydrogens is 546 g/mol. The van der Waals surface area contributed by atoms with Crippen LogP contribution >= 0.6 is 11.6 Å². The lowest BCUT2D eigenvalue weighted by atomic mass is 9.95. The van der Waals surface area contributed by atoms with Crippen LogP contribution in [0.4, 0.5) is 19.4 Å². The molecule has 0 saturated carbocycles. The maximum atomic E-state index is 15.4. The van der Waals surface area contributed by atoms with Crippen LogP contribution in [0.1, 0.15) is 52.9 Å². The Morgan fingerprint density at radius 1 is 1.20 bits per heavy atom. The Balaban J connectivity index is 1.26. The molecule has 40 heavy (non-hydrogen) atoms. The number of alkyl halides is 1. The summed E-state index contributed by atoms with van der Waals surface area (Å²) in [6.45, 7) is 7.64. The van der Waals surface area contributed by atoms with E-state index in [1.165, 1.54) is 0 Å². The van der Waals surface area contributed by atoms with E-state index in [0.717, 1.165) is 32.2 Å². The fraction of sp³-hybridized carbons (Fsp3) is 0.704. The topological polar surface area (TPSA) is 93.1 Å². The second-order valence-corrected chi connectivity index (χ2v) is 13.0. The predicted octanol–water partition coefficient (Wildman–Crippen LogP) is 4.12. The molecule has 2 aromatic rings. The Morgan fingerprint density at radius 2 is 2.02 bits per heavy atom. The number of halogens is 3. The molecule has 0 aromatic carbocycles. The first kappa shape index (κ1) is 26.2. The molecule has 5 atom stereocenters. The number of rotatable bonds is 3. The Hall–Kier alpha value is -2.73. The highest BCUT2D eigenvalue weighted by molar-refractivity contribution is 6.30. The van der Waals surface area contributed by atoms with Gasteiger partial charge < -0.3 is 19.1 Å². The SMILES string of the molecule is CC(C)(C)OC(=O)N1C2CCC1C1COc3nc(Cl)c(F)c4nc(OC[C@@]56CCCN5C[C@H](F)C6)nc(c34)N1C2. The molecule has 7 heterocycles. The van der Waals surface area contributed by atoms with Crippen LogP contribution in [0.3, 0.4) is 0 Å². The van der Waals surface area contributed by atoms with Crippen molar-refractivity contribution in [2.45, 2.75) is 88.3 Å². The Bertz CT molecular complexity index is 1380. The minimum atomic E-state index is -0.898. The number of carbonyl (C=O) groups is 1. The largest absolute Gasteiger partial charge is 0.475 e. The van der Waals surface area contributed by atoms with Crippen molar-refractivity contribution in [2.24, 2.45) is 0 Å². The fourth-order valence-electron chi connectivity index (χ4n) is 7.35. The standard InChI is InChI=1S/C27H33ClF2N6O4/c1-26(2,3)40-25(37)36-15-5-6-16(36)17-12-38-23-18-20(19(30)21(28)32-23)31-24(33-22(18)35(17)11-15)39-13-27-7-4-8-34(27)10-14(29)9-27/h14-17H,4-13H2,1-3H3/t14-,15?,16?,17?,27+/m1/s1. The van der Waals surface area contributed by atoms with E-state index in [1.54, 1.807) is 0 Å². The van der Waals surface area contributed by atoms with Gasteiger partial charge in [-0.2, -0.15) is 15.0 Å². The van der Waals surface area contributed by atoms with Gasteiger partial charge in [-0.15, -0.1) is 0 Å². The summed E-state index contributed by atoms with van der Waals surface area (Å²) in [5.41, 5.74) is -1.06. The van der Waals surface area contributed by atoms with Gasteiger partial charge in [-0.25, -0.2) is 13.6 Å². The van der Waals surface area contributed by atoms with Crippen LogP contribution in [0.15, 0.2) is 0 Å². The zero-order valence-electron chi connectivity index (χ0n) is 22.8. The van der Waals surface area contributed by atoms with E-state index in [1.807, 2.05) is 25.7 Å². The molecule has 13 heteroatoms. The van der Waals surface area contributed by atoms with Crippen molar-refractivity contribution in [3.8, 4) is 11.9 Å². The Labute approximate surface area is 235 Å². The molecule has 4 saturated heterocycles. The van der Waals surface area contributed by atoms with Gasteiger partial charge in [-0.05, 0) is 53.0 Å². The summed E-state index contributed by atoms with van der Waals surface area (Å²) in [7, 11) is 0. The number of anilines is 1. The average Bonchev–Trinajstić information content (AvgIpc) is 3.48. The zero-order valence-corrected chi connectivity index (χ0v) is 23.6. The van der Waals surface area contributed by atoms with Gasteiger partial charge in [-0.3, -0.25) is 9.80 Å². The number of carbonyl (C=O) groups excluding carboxylic acids is 1. The summed E-state index contributed by atoms with van der Waals surface area (Å²) >= 11 is 6.17. The number of hydrogen-bond donors (Lipinski definition) is 0. The molecule has 0 aliphatic carbocycles. The Morgan fingerprint density at radius 3 is 2.83 bits per heavy atom. The Kier molecular flexibility index (Phi) is 5.98. The quantitative estimate of drug-likeness (QED) is 0.499. The lowest BCUT2D eigenvalue weighted by Gasteiger charge is -2.46. The summed E-state index contributed by atoms with van der Waals surface area (Å²) in [6, 6.07) is -0.577. The molecule has 0 radical (unpaired) electrons. The zero-order chi connectivity index (χ0) is 28.0. The third-order valence-electron chi connectivity index (χ3n) is 8.97. The van der Waals surface area contributed by atoms with Crippen molar-refractivity contribution in [1.29, 1.82) is 0 Å². The lowest BCUT2D eigenvalue weighted by Crippen LogP contribution is -2.63. The highest BCUT2D eigenvalue weighted by Gasteiger charge is 2.52. The normalized spacial score (nSPS) is 31.1. The van der Waals surface area contributed by atoms with Gasteiger partial charge in [0.15, 0.2) is 11.0 Å². The summed E-state index contributed by atoms with van der Waals surface area (Å²) in [6.07, 6.45) is 2.52. The summed E-state index contributed by atoms with van der Waals surface area (Å²) in [4.78, 5) is 32.6. The minimum Gasteiger partial charge on any atom is -0.475 e. The molecule has 5 aliphatic rings. The second kappa shape index (κ2) is 9.14. The third-order valence-corrected chi connectivity index (χ3v) is 9.22. The van der Waals surface area contributed by atoms with Gasteiger partial charge in [0.25, 0.3) is 0 Å². The van der Waals surface area contributed by atoms with Crippen LogP contribution in [0.5, 0.6) is 11.9 Å². The predicted molar refractivity (Wildman–Crippen MR) is 142 cm³/mol. The lowest BCUT2D eigenvalue weighted by molar-refractivity contribution is 0.00538. The van der Waals surface area contributed by atoms with Gasteiger partial charge >= 0.3 is 12.1 Å². The average molecular weight is 579 g/mol. The summed E-state index contributed by atoms with van der Waals surface area (Å²) in [5.74, 6) is -0.192. The van der Waals surface area contributed by atoms with E-state index in [0.29, 0.717) is 30.7 Å². The molecular formula is C27H33ClF2N6O4. The molecule has 1 amide bonds. The van der Waals surface area contributed by atoms with Gasteiger partial charge in [0, 0.05) is 19.5 Å². The first-order valence-corrected chi connectivity index (χ1v) is 14.4. The van der Waals surface area contributed by atoms with E-state index in [-0.39, 0.29) is 60.0 Å². The smallest absolute Gasteiger partial charge is 0.410 e. The molecule has 10 nitrogen and oxygen atoms in total. The van der Waals surface area contributed by atoms with Crippen molar-refractivity contribution >= 4 is 34.4 Å². The van der Waals surface area contributed by atoms with Crippen LogP contribution in [0, 0.1) is 5.82 Å². The second-order valence-electron chi connectivity index (χ2n) is 12.7. The van der Waals surface area contributed by atoms with E-state index < -0.39 is 23.1 Å². The molecule has 2 bridgehead atoms. The van der Waals surface area contributed by atoms with E-state index in [4.69, 9.17) is 30.8 Å². The van der Waals surface area contributed by atoms with Crippen LogP contribution in [-0.4, -0.2) is 99.1 Å². The van der Waals surface area contributed by atoms with Gasteiger partial charge in [0.1, 0.15) is 41.7 Å². The number of pyridine rings is 1. The molecule has 3 unspecified atom stereocenters. The van der Waals surface area contributed by atoms with Crippen molar-refractivity contribution in [3.05, 3.63) is 11.0 Å². The van der Waals surface area contributed by atoms with Crippen molar-refractivity contribution in [2.75, 3.05) is 37.7 Å². The van der Waals surface area contributed by atoms with Crippen LogP contribution in [0.25, 0.3) is 10.9 Å². The highest BCUT2D eigenvalue weighted by Crippen LogP contribution is 2.45. The van der Waals surface area contributed by atoms with Crippen LogP contribution in [-0.2, 0) is 4.74 Å². The first-order chi connectivity index (χ1) is 19.0.